The van der Waals surface area contributed by atoms with Crippen molar-refractivity contribution in [1.29, 1.82) is 0 Å². The Labute approximate surface area is 109 Å². The highest BCUT2D eigenvalue weighted by Gasteiger charge is 2.11. The van der Waals surface area contributed by atoms with Gasteiger partial charge in [-0.25, -0.2) is 9.67 Å². The van der Waals surface area contributed by atoms with E-state index in [0.717, 1.165) is 25.5 Å². The van der Waals surface area contributed by atoms with E-state index >= 15 is 0 Å². The molecule has 0 radical (unpaired) electrons. The first-order chi connectivity index (χ1) is 8.52. The Morgan fingerprint density at radius 2 is 2.22 bits per heavy atom. The quantitative estimate of drug-likeness (QED) is 0.725. The lowest BCUT2D eigenvalue weighted by molar-refractivity contribution is 0.158. The van der Waals surface area contributed by atoms with Gasteiger partial charge in [0.2, 0.25) is 0 Å². The van der Waals surface area contributed by atoms with E-state index in [1.54, 1.807) is 13.4 Å². The Bertz CT molecular complexity index is 339. The van der Waals surface area contributed by atoms with Gasteiger partial charge in [-0.05, 0) is 13.0 Å². The summed E-state index contributed by atoms with van der Waals surface area (Å²) in [6.45, 7) is 7.34. The number of hydrogen-bond acceptors (Lipinski definition) is 5. The zero-order valence-electron chi connectivity index (χ0n) is 11.8. The van der Waals surface area contributed by atoms with Gasteiger partial charge < -0.3 is 10.5 Å². The minimum Gasteiger partial charge on any atom is -0.383 e. The maximum absolute atomic E-state index is 5.92. The van der Waals surface area contributed by atoms with E-state index in [1.165, 1.54) is 0 Å². The first kappa shape index (κ1) is 15.1. The van der Waals surface area contributed by atoms with Gasteiger partial charge in [0.25, 0.3) is 0 Å². The number of ether oxygens (including phenoxy) is 1. The van der Waals surface area contributed by atoms with Gasteiger partial charge in [0.05, 0.1) is 13.2 Å². The van der Waals surface area contributed by atoms with Crippen LogP contribution >= 0.6 is 0 Å². The maximum Gasteiger partial charge on any atom is 0.141 e. The minimum atomic E-state index is 0.0291. The normalized spacial score (nSPS) is 13.5. The second kappa shape index (κ2) is 7.45. The summed E-state index contributed by atoms with van der Waals surface area (Å²) in [4.78, 5) is 6.44. The van der Waals surface area contributed by atoms with Crippen molar-refractivity contribution >= 4 is 0 Å². The molecule has 18 heavy (non-hydrogen) atoms. The number of hydrogen-bond donors (Lipinski definition) is 1. The molecule has 104 valence electrons. The van der Waals surface area contributed by atoms with Gasteiger partial charge in [-0.1, -0.05) is 13.8 Å². The molecule has 1 aromatic rings. The summed E-state index contributed by atoms with van der Waals surface area (Å²) in [5, 5.41) is 4.25. The van der Waals surface area contributed by atoms with Crippen LogP contribution in [0.5, 0.6) is 0 Å². The van der Waals surface area contributed by atoms with Crippen LogP contribution in [0.25, 0.3) is 0 Å². The fourth-order valence-corrected chi connectivity index (χ4v) is 1.88. The van der Waals surface area contributed by atoms with Gasteiger partial charge in [0, 0.05) is 26.2 Å². The predicted octanol–water partition coefficient (Wildman–Crippen LogP) is 0.340. The Morgan fingerprint density at radius 1 is 1.50 bits per heavy atom. The Morgan fingerprint density at radius 3 is 2.83 bits per heavy atom. The van der Waals surface area contributed by atoms with Gasteiger partial charge in [0.1, 0.15) is 12.2 Å². The van der Waals surface area contributed by atoms with Gasteiger partial charge in [-0.3, -0.25) is 4.90 Å². The van der Waals surface area contributed by atoms with Gasteiger partial charge in [-0.2, -0.15) is 5.10 Å². The maximum atomic E-state index is 5.92. The topological polar surface area (TPSA) is 69.2 Å². The van der Waals surface area contributed by atoms with Crippen molar-refractivity contribution in [2.24, 2.45) is 11.7 Å². The third-order valence-corrected chi connectivity index (χ3v) is 2.57. The summed E-state index contributed by atoms with van der Waals surface area (Å²) < 4.78 is 6.99. The van der Waals surface area contributed by atoms with E-state index in [1.807, 2.05) is 11.7 Å². The smallest absolute Gasteiger partial charge is 0.141 e. The van der Waals surface area contributed by atoms with Crippen LogP contribution in [-0.4, -0.2) is 53.0 Å². The Balaban J connectivity index is 2.48. The number of rotatable bonds is 8. The summed E-state index contributed by atoms with van der Waals surface area (Å²) in [7, 11) is 3.70. The molecule has 0 amide bonds. The zero-order chi connectivity index (χ0) is 13.5. The molecule has 1 unspecified atom stereocenters. The number of aromatic nitrogens is 3. The first-order valence-corrected chi connectivity index (χ1v) is 6.32. The first-order valence-electron chi connectivity index (χ1n) is 6.32. The molecule has 0 spiro atoms. The van der Waals surface area contributed by atoms with E-state index in [-0.39, 0.29) is 6.04 Å². The van der Waals surface area contributed by atoms with Crippen molar-refractivity contribution < 1.29 is 4.74 Å². The molecular weight excluding hydrogens is 230 g/mol. The van der Waals surface area contributed by atoms with Crippen molar-refractivity contribution in [1.82, 2.24) is 19.7 Å². The predicted molar refractivity (Wildman–Crippen MR) is 71.0 cm³/mol. The van der Waals surface area contributed by atoms with E-state index in [9.17, 15) is 0 Å². The molecule has 0 aromatic carbocycles. The van der Waals surface area contributed by atoms with Crippen molar-refractivity contribution in [3.8, 4) is 0 Å². The third kappa shape index (κ3) is 5.12. The molecule has 0 saturated heterocycles. The molecule has 2 N–H and O–H groups in total. The molecular formula is C12H25N5O. The van der Waals surface area contributed by atoms with E-state index in [2.05, 4.69) is 28.8 Å². The molecule has 0 saturated carbocycles. The number of likely N-dealkylation sites (N-methyl/N-ethyl adjacent to an activating group) is 1. The monoisotopic (exact) mass is 255 g/mol. The van der Waals surface area contributed by atoms with Crippen LogP contribution in [0.3, 0.4) is 0 Å². The van der Waals surface area contributed by atoms with Crippen LogP contribution in [0.2, 0.25) is 0 Å². The molecule has 1 heterocycles. The highest BCUT2D eigenvalue weighted by Crippen LogP contribution is 2.04. The average Bonchev–Trinajstić information content (AvgIpc) is 2.64. The molecule has 1 atom stereocenters. The van der Waals surface area contributed by atoms with E-state index < -0.39 is 0 Å². The summed E-state index contributed by atoms with van der Waals surface area (Å²) in [6, 6.07) is 0.0291. The van der Waals surface area contributed by atoms with Crippen LogP contribution in [0.4, 0.5) is 0 Å². The van der Waals surface area contributed by atoms with Gasteiger partial charge in [0.15, 0.2) is 0 Å². The van der Waals surface area contributed by atoms with Crippen LogP contribution < -0.4 is 5.73 Å². The largest absolute Gasteiger partial charge is 0.383 e. The molecule has 0 fully saturated rings. The van der Waals surface area contributed by atoms with Crippen LogP contribution in [0, 0.1) is 5.92 Å². The number of nitrogens with zero attached hydrogens (tertiary/aromatic N) is 4. The van der Waals surface area contributed by atoms with Crippen molar-refractivity contribution in [2.45, 2.75) is 33.0 Å². The fraction of sp³-hybridized carbons (Fsp3) is 0.833. The standard InChI is InChI=1S/C12H25N5O/c1-10(2)5-17-12(14-9-15-17)7-16(3)6-11(13)8-18-4/h9-11H,5-8,13H2,1-4H3. The van der Waals surface area contributed by atoms with E-state index in [0.29, 0.717) is 12.5 Å². The molecule has 0 bridgehead atoms. The zero-order valence-corrected chi connectivity index (χ0v) is 11.8. The van der Waals surface area contributed by atoms with Gasteiger partial charge in [-0.15, -0.1) is 0 Å². The van der Waals surface area contributed by atoms with Crippen LogP contribution in [-0.2, 0) is 17.8 Å². The lowest BCUT2D eigenvalue weighted by Gasteiger charge is -2.20. The Kier molecular flexibility index (Phi) is 6.24. The van der Waals surface area contributed by atoms with Crippen molar-refractivity contribution in [3.05, 3.63) is 12.2 Å². The summed E-state index contributed by atoms with van der Waals surface area (Å²) in [5.41, 5.74) is 5.92. The Hall–Kier alpha value is -0.980. The molecule has 6 heteroatoms. The van der Waals surface area contributed by atoms with Gasteiger partial charge >= 0.3 is 0 Å². The summed E-state index contributed by atoms with van der Waals surface area (Å²) in [6.07, 6.45) is 1.61. The highest BCUT2D eigenvalue weighted by molar-refractivity contribution is 4.85. The number of methoxy groups -OCH3 is 1. The molecule has 0 aliphatic rings. The molecule has 0 aliphatic heterocycles. The molecule has 1 aromatic heterocycles. The second-order valence-corrected chi connectivity index (χ2v) is 5.16. The van der Waals surface area contributed by atoms with Crippen molar-refractivity contribution in [2.75, 3.05) is 27.3 Å². The number of nitrogens with two attached hydrogens (primary N) is 1. The fourth-order valence-electron chi connectivity index (χ4n) is 1.88. The highest BCUT2D eigenvalue weighted by atomic mass is 16.5. The molecule has 6 nitrogen and oxygen atoms in total. The van der Waals surface area contributed by atoms with Crippen LogP contribution in [0.15, 0.2) is 6.33 Å². The third-order valence-electron chi connectivity index (χ3n) is 2.57. The van der Waals surface area contributed by atoms with Crippen LogP contribution in [0.1, 0.15) is 19.7 Å². The van der Waals surface area contributed by atoms with Crippen molar-refractivity contribution in [3.63, 3.8) is 0 Å². The lowest BCUT2D eigenvalue weighted by atomic mass is 10.2. The van der Waals surface area contributed by atoms with E-state index in [4.69, 9.17) is 10.5 Å². The lowest BCUT2D eigenvalue weighted by Crippen LogP contribution is -2.38. The minimum absolute atomic E-state index is 0.0291. The second-order valence-electron chi connectivity index (χ2n) is 5.16. The SMILES string of the molecule is COCC(N)CN(C)Cc1ncnn1CC(C)C. The summed E-state index contributed by atoms with van der Waals surface area (Å²) in [5.74, 6) is 1.54. The average molecular weight is 255 g/mol. The molecule has 0 aliphatic carbocycles. The summed E-state index contributed by atoms with van der Waals surface area (Å²) >= 11 is 0. The molecule has 1 rings (SSSR count).